The van der Waals surface area contributed by atoms with Gasteiger partial charge in [0.25, 0.3) is 0 Å². The van der Waals surface area contributed by atoms with E-state index in [1.165, 1.54) is 0 Å². The summed E-state index contributed by atoms with van der Waals surface area (Å²) in [6.07, 6.45) is 5.00. The van der Waals surface area contributed by atoms with Crippen LogP contribution in [0.4, 0.5) is 0 Å². The molecule has 0 spiro atoms. The Morgan fingerprint density at radius 1 is 1.07 bits per heavy atom. The molecule has 0 saturated heterocycles. The second-order valence-electron chi connectivity index (χ2n) is 3.31. The highest BCUT2D eigenvalue weighted by Crippen LogP contribution is 2.18. The average Bonchev–Trinajstić information content (AvgIpc) is 2.54. The fourth-order valence-corrected chi connectivity index (χ4v) is 1.76. The molecular weight excluding hydrogens is 174 g/mol. The smallest absolute Gasteiger partial charge is 0.180 e. The summed E-state index contributed by atoms with van der Waals surface area (Å²) in [7, 11) is 0. The lowest BCUT2D eigenvalue weighted by Crippen LogP contribution is -2.21. The van der Waals surface area contributed by atoms with E-state index in [0.717, 1.165) is 21.8 Å². The number of fused-ring (bicyclic) bond motifs is 2. The van der Waals surface area contributed by atoms with E-state index in [2.05, 4.69) is 4.99 Å². The van der Waals surface area contributed by atoms with Crippen molar-refractivity contribution in [2.75, 3.05) is 0 Å². The van der Waals surface area contributed by atoms with Crippen molar-refractivity contribution in [2.45, 2.75) is 0 Å². The number of allylic oxidation sites excluding steroid dienone is 3. The van der Waals surface area contributed by atoms with E-state index in [9.17, 15) is 4.79 Å². The third-order valence-electron chi connectivity index (χ3n) is 2.40. The van der Waals surface area contributed by atoms with Crippen LogP contribution in [0.25, 0.3) is 5.57 Å². The van der Waals surface area contributed by atoms with Gasteiger partial charge < -0.3 is 0 Å². The van der Waals surface area contributed by atoms with Crippen molar-refractivity contribution in [3.63, 3.8) is 0 Å². The van der Waals surface area contributed by atoms with Crippen LogP contribution < -0.4 is 10.6 Å². The molecule has 0 aromatic heterocycles. The molecule has 0 saturated carbocycles. The summed E-state index contributed by atoms with van der Waals surface area (Å²) in [4.78, 5) is 15.5. The van der Waals surface area contributed by atoms with E-state index in [-0.39, 0.29) is 5.78 Å². The summed E-state index contributed by atoms with van der Waals surface area (Å²) in [5, 5.41) is 2.07. The number of ketones is 1. The van der Waals surface area contributed by atoms with Crippen molar-refractivity contribution in [1.29, 1.82) is 0 Å². The van der Waals surface area contributed by atoms with E-state index in [1.54, 1.807) is 12.2 Å². The first-order valence-corrected chi connectivity index (χ1v) is 4.47. The number of para-hydroxylation sites is 1. The Hall–Kier alpha value is -1.96. The lowest BCUT2D eigenvalue weighted by atomic mass is 10.0. The first kappa shape index (κ1) is 7.44. The molecule has 1 aromatic carbocycles. The van der Waals surface area contributed by atoms with Gasteiger partial charge in [0.15, 0.2) is 5.78 Å². The molecule has 2 aliphatic rings. The van der Waals surface area contributed by atoms with Crippen LogP contribution >= 0.6 is 0 Å². The summed E-state index contributed by atoms with van der Waals surface area (Å²) in [6.45, 7) is 0. The van der Waals surface area contributed by atoms with Crippen molar-refractivity contribution in [3.8, 4) is 0 Å². The van der Waals surface area contributed by atoms with Gasteiger partial charge in [-0.3, -0.25) is 4.79 Å². The van der Waals surface area contributed by atoms with E-state index >= 15 is 0 Å². The molecule has 2 nitrogen and oxygen atoms in total. The summed E-state index contributed by atoms with van der Waals surface area (Å²) < 4.78 is 0. The normalized spacial score (nSPS) is 17.3. The SMILES string of the molecule is O=C1C=CC2=c3ccccc3=NC2=C1. The van der Waals surface area contributed by atoms with Crippen LogP contribution in [-0.4, -0.2) is 5.78 Å². The first-order chi connectivity index (χ1) is 6.84. The molecule has 0 unspecified atom stereocenters. The number of rotatable bonds is 0. The van der Waals surface area contributed by atoms with Crippen molar-refractivity contribution < 1.29 is 4.79 Å². The highest BCUT2D eigenvalue weighted by atomic mass is 16.1. The van der Waals surface area contributed by atoms with Crippen molar-refractivity contribution in [2.24, 2.45) is 4.99 Å². The molecule has 0 N–H and O–H groups in total. The molecule has 1 aliphatic heterocycles. The predicted molar refractivity (Wildman–Crippen MR) is 52.9 cm³/mol. The number of benzene rings is 1. The summed E-state index contributed by atoms with van der Waals surface area (Å²) in [5.74, 6) is 0.0142. The Balaban J connectivity index is 2.45. The van der Waals surface area contributed by atoms with Gasteiger partial charge in [-0.15, -0.1) is 0 Å². The largest absolute Gasteiger partial charge is 0.290 e. The Bertz CT molecular complexity index is 605. The molecule has 1 aromatic rings. The topological polar surface area (TPSA) is 29.4 Å². The van der Waals surface area contributed by atoms with Gasteiger partial charge in [-0.2, -0.15) is 0 Å². The van der Waals surface area contributed by atoms with Gasteiger partial charge in [-0.25, -0.2) is 4.99 Å². The first-order valence-electron chi connectivity index (χ1n) is 4.47. The molecule has 0 fully saturated rings. The molecule has 3 rings (SSSR count). The van der Waals surface area contributed by atoms with E-state index in [1.807, 2.05) is 30.3 Å². The van der Waals surface area contributed by atoms with Crippen LogP contribution in [0.3, 0.4) is 0 Å². The third kappa shape index (κ3) is 0.909. The zero-order valence-electron chi connectivity index (χ0n) is 7.40. The lowest BCUT2D eigenvalue weighted by Gasteiger charge is -2.01. The standard InChI is InChI=1S/C12H7NO/c14-8-5-6-10-9-3-1-2-4-11(9)13-12(10)7-8/h1-7H. The fourth-order valence-electron chi connectivity index (χ4n) is 1.76. The number of hydrogen-bond acceptors (Lipinski definition) is 2. The van der Waals surface area contributed by atoms with E-state index in [4.69, 9.17) is 0 Å². The quantitative estimate of drug-likeness (QED) is 0.573. The molecule has 1 heterocycles. The average molecular weight is 181 g/mol. The molecule has 14 heavy (non-hydrogen) atoms. The minimum absolute atomic E-state index is 0.0142. The molecule has 0 bridgehead atoms. The number of nitrogens with zero attached hydrogens (tertiary/aromatic N) is 1. The van der Waals surface area contributed by atoms with Crippen LogP contribution in [0.15, 0.2) is 53.2 Å². The maximum Gasteiger partial charge on any atom is 0.180 e. The fraction of sp³-hybridized carbons (Fsp3) is 0. The Kier molecular flexibility index (Phi) is 1.34. The molecule has 66 valence electrons. The summed E-state index contributed by atoms with van der Waals surface area (Å²) in [5.41, 5.74) is 1.85. The van der Waals surface area contributed by atoms with E-state index in [0.29, 0.717) is 0 Å². The second-order valence-corrected chi connectivity index (χ2v) is 3.31. The highest BCUT2D eigenvalue weighted by molar-refractivity contribution is 6.06. The zero-order chi connectivity index (χ0) is 9.54. The molecule has 0 amide bonds. The molecular formula is C12H7NO. The number of carbonyl (C=O) groups excluding carboxylic acids is 1. The van der Waals surface area contributed by atoms with Crippen molar-refractivity contribution in [3.05, 3.63) is 58.8 Å². The number of carbonyl (C=O) groups is 1. The third-order valence-corrected chi connectivity index (χ3v) is 2.40. The van der Waals surface area contributed by atoms with Gasteiger partial charge >= 0.3 is 0 Å². The maximum atomic E-state index is 11.1. The number of hydrogen-bond donors (Lipinski definition) is 0. The van der Waals surface area contributed by atoms with Gasteiger partial charge in [0, 0.05) is 16.9 Å². The van der Waals surface area contributed by atoms with Crippen LogP contribution in [0, 0.1) is 0 Å². The van der Waals surface area contributed by atoms with Gasteiger partial charge in [0.1, 0.15) is 0 Å². The molecule has 1 aliphatic carbocycles. The Morgan fingerprint density at radius 2 is 1.93 bits per heavy atom. The van der Waals surface area contributed by atoms with E-state index < -0.39 is 0 Å². The molecule has 2 heteroatoms. The second kappa shape index (κ2) is 2.51. The summed E-state index contributed by atoms with van der Waals surface area (Å²) in [6, 6.07) is 7.91. The minimum atomic E-state index is 0.0142. The Morgan fingerprint density at radius 3 is 2.86 bits per heavy atom. The Labute approximate surface area is 80.6 Å². The van der Waals surface area contributed by atoms with Crippen LogP contribution in [-0.2, 0) is 4.79 Å². The highest BCUT2D eigenvalue weighted by Gasteiger charge is 2.14. The zero-order valence-corrected chi connectivity index (χ0v) is 7.40. The molecule has 0 atom stereocenters. The minimum Gasteiger partial charge on any atom is -0.290 e. The summed E-state index contributed by atoms with van der Waals surface area (Å²) >= 11 is 0. The van der Waals surface area contributed by atoms with Crippen LogP contribution in [0.1, 0.15) is 0 Å². The van der Waals surface area contributed by atoms with Gasteiger partial charge in [0.2, 0.25) is 0 Å². The van der Waals surface area contributed by atoms with Gasteiger partial charge in [-0.05, 0) is 18.2 Å². The van der Waals surface area contributed by atoms with Crippen LogP contribution in [0.5, 0.6) is 0 Å². The van der Waals surface area contributed by atoms with Gasteiger partial charge in [0.05, 0.1) is 11.1 Å². The predicted octanol–water partition coefficient (Wildman–Crippen LogP) is 0.493. The lowest BCUT2D eigenvalue weighted by molar-refractivity contribution is -0.110. The van der Waals surface area contributed by atoms with Crippen LogP contribution in [0.2, 0.25) is 0 Å². The monoisotopic (exact) mass is 181 g/mol. The van der Waals surface area contributed by atoms with Crippen molar-refractivity contribution >= 4 is 11.4 Å². The molecule has 0 radical (unpaired) electrons. The van der Waals surface area contributed by atoms with Crippen molar-refractivity contribution in [1.82, 2.24) is 0 Å². The maximum absolute atomic E-state index is 11.1. The van der Waals surface area contributed by atoms with Gasteiger partial charge in [-0.1, -0.05) is 18.2 Å².